The van der Waals surface area contributed by atoms with Crippen LogP contribution in [-0.4, -0.2) is 35.7 Å². The molecule has 1 heterocycles. The van der Waals surface area contributed by atoms with Crippen molar-refractivity contribution in [2.24, 2.45) is 0 Å². The van der Waals surface area contributed by atoms with Gasteiger partial charge in [-0.25, -0.2) is 4.98 Å². The van der Waals surface area contributed by atoms with Crippen LogP contribution in [0.3, 0.4) is 0 Å². The highest BCUT2D eigenvalue weighted by molar-refractivity contribution is 7.97. The Morgan fingerprint density at radius 3 is 2.31 bits per heavy atom. The van der Waals surface area contributed by atoms with Crippen molar-refractivity contribution in [3.05, 3.63) is 47.7 Å². The van der Waals surface area contributed by atoms with Gasteiger partial charge in [0.15, 0.2) is 0 Å². The highest BCUT2D eigenvalue weighted by Gasteiger charge is 2.11. The summed E-state index contributed by atoms with van der Waals surface area (Å²) in [4.78, 5) is 14.7. The van der Waals surface area contributed by atoms with E-state index in [-0.39, 0.29) is 11.8 Å². The van der Waals surface area contributed by atoms with Crippen LogP contribution in [0.2, 0.25) is 0 Å². The van der Waals surface area contributed by atoms with Crippen molar-refractivity contribution in [2.45, 2.75) is 46.6 Å². The lowest BCUT2D eigenvalue weighted by atomic mass is 10.0. The van der Waals surface area contributed by atoms with Gasteiger partial charge in [0.1, 0.15) is 0 Å². The van der Waals surface area contributed by atoms with Crippen LogP contribution in [0.5, 0.6) is 5.88 Å². The summed E-state index contributed by atoms with van der Waals surface area (Å²) < 4.78 is 5.47. The molecule has 0 aliphatic heterocycles. The minimum atomic E-state index is 0.0412. The van der Waals surface area contributed by atoms with E-state index < -0.39 is 0 Å². The molecule has 160 valence electrons. The molecule has 4 N–H and O–H groups in total. The molecule has 1 amide bonds. The Kier molecular flexibility index (Phi) is 14.0. The van der Waals surface area contributed by atoms with Crippen molar-refractivity contribution >= 4 is 35.3 Å². The Morgan fingerprint density at radius 2 is 1.86 bits per heavy atom. The fraction of sp³-hybridized carbons (Fsp3) is 0.409. The van der Waals surface area contributed by atoms with Crippen LogP contribution in [0.25, 0.3) is 0 Å². The molecular weight excluding hydrogens is 384 g/mol. The van der Waals surface area contributed by atoms with Crippen molar-refractivity contribution in [1.29, 1.82) is 5.41 Å². The molecule has 1 aromatic heterocycles. The monoisotopic (exact) mass is 418 g/mol. The summed E-state index contributed by atoms with van der Waals surface area (Å²) in [7, 11) is 0. The van der Waals surface area contributed by atoms with Gasteiger partial charge >= 0.3 is 0 Å². The summed E-state index contributed by atoms with van der Waals surface area (Å²) in [6.45, 7) is 8.20. The first-order chi connectivity index (χ1) is 13.8. The minimum Gasteiger partial charge on any atom is -0.475 e. The number of benzene rings is 1. The van der Waals surface area contributed by atoms with Crippen LogP contribution in [0.1, 0.15) is 51.7 Å². The second kappa shape index (κ2) is 15.4. The van der Waals surface area contributed by atoms with Gasteiger partial charge < -0.3 is 15.8 Å². The second-order valence-corrected chi connectivity index (χ2v) is 7.22. The third kappa shape index (κ3) is 10.5. The summed E-state index contributed by atoms with van der Waals surface area (Å²) in [6.07, 6.45) is 8.91. The number of nitrogens with zero attached hydrogens (tertiary/aromatic N) is 1. The van der Waals surface area contributed by atoms with E-state index in [0.717, 1.165) is 0 Å². The van der Waals surface area contributed by atoms with Gasteiger partial charge in [0.05, 0.1) is 11.8 Å². The molecule has 0 aliphatic rings. The molecule has 7 heteroatoms. The standard InChI is InChI=1S/C16H18N4O2.C4H10.C2H6S/c1-10(2)22-15-6-3-11(8-19-15)16(18)13-7-12(20-9-21)4-5-14(13)17;1-3-4-2;1-3-2/h3-10,18H,17H2,1-2H3,(H,20,21);3-4H2,1-2H3;1-2H3. The summed E-state index contributed by atoms with van der Waals surface area (Å²) in [5.74, 6) is 0.510. The minimum absolute atomic E-state index is 0.0412. The number of ether oxygens (including phenoxy) is 1. The molecule has 0 saturated carbocycles. The van der Waals surface area contributed by atoms with E-state index in [1.54, 1.807) is 48.3 Å². The van der Waals surface area contributed by atoms with Crippen molar-refractivity contribution in [1.82, 2.24) is 4.98 Å². The van der Waals surface area contributed by atoms with E-state index >= 15 is 0 Å². The van der Waals surface area contributed by atoms with Gasteiger partial charge in [0.25, 0.3) is 0 Å². The number of nitrogens with two attached hydrogens (primary N) is 1. The molecule has 0 aliphatic carbocycles. The molecule has 0 saturated heterocycles. The maximum absolute atomic E-state index is 10.5. The number of carbonyl (C=O) groups is 1. The molecule has 29 heavy (non-hydrogen) atoms. The number of nitrogen functional groups attached to an aromatic ring is 1. The zero-order chi connectivity index (χ0) is 22.2. The van der Waals surface area contributed by atoms with Crippen LogP contribution >= 0.6 is 11.8 Å². The molecule has 0 radical (unpaired) electrons. The average molecular weight is 419 g/mol. The van der Waals surface area contributed by atoms with Gasteiger partial charge in [-0.15, -0.1) is 0 Å². The predicted molar refractivity (Wildman–Crippen MR) is 126 cm³/mol. The smallest absolute Gasteiger partial charge is 0.213 e. The predicted octanol–water partition coefficient (Wildman–Crippen LogP) is 5.22. The van der Waals surface area contributed by atoms with Gasteiger partial charge in [-0.3, -0.25) is 10.2 Å². The van der Waals surface area contributed by atoms with Crippen molar-refractivity contribution in [3.63, 3.8) is 0 Å². The van der Waals surface area contributed by atoms with Crippen LogP contribution in [0, 0.1) is 5.41 Å². The Morgan fingerprint density at radius 1 is 1.24 bits per heavy atom. The number of carbonyl (C=O) groups excluding carboxylic acids is 1. The van der Waals surface area contributed by atoms with Crippen molar-refractivity contribution in [2.75, 3.05) is 23.6 Å². The average Bonchev–Trinajstić information content (AvgIpc) is 2.70. The van der Waals surface area contributed by atoms with Crippen LogP contribution in [0.4, 0.5) is 11.4 Å². The molecular formula is C22H34N4O2S. The molecule has 1 aromatic carbocycles. The number of aromatic nitrogens is 1. The fourth-order valence-electron chi connectivity index (χ4n) is 1.93. The molecule has 0 unspecified atom stereocenters. The normalized spacial score (nSPS) is 9.48. The number of hydrogen-bond acceptors (Lipinski definition) is 6. The third-order valence-electron chi connectivity index (χ3n) is 3.43. The van der Waals surface area contributed by atoms with Crippen LogP contribution in [0.15, 0.2) is 36.5 Å². The van der Waals surface area contributed by atoms with Crippen molar-refractivity contribution < 1.29 is 9.53 Å². The number of hydrogen-bond donors (Lipinski definition) is 3. The lowest BCUT2D eigenvalue weighted by Crippen LogP contribution is -2.09. The lowest BCUT2D eigenvalue weighted by molar-refractivity contribution is -0.105. The van der Waals surface area contributed by atoms with E-state index in [0.29, 0.717) is 34.8 Å². The SMILES string of the molecule is CC(C)Oc1ccc(C(=N)c2cc(NC=O)ccc2N)cn1.CCCC.CSC. The molecule has 0 bridgehead atoms. The Bertz CT molecular complexity index is 732. The first kappa shape index (κ1) is 26.5. The molecule has 0 atom stereocenters. The molecule has 6 nitrogen and oxygen atoms in total. The summed E-state index contributed by atoms with van der Waals surface area (Å²) in [5, 5.41) is 10.8. The molecule has 0 spiro atoms. The van der Waals surface area contributed by atoms with Crippen LogP contribution < -0.4 is 15.8 Å². The molecule has 0 fully saturated rings. The quantitative estimate of drug-likeness (QED) is 0.325. The Labute approximate surface area is 179 Å². The highest BCUT2D eigenvalue weighted by Crippen LogP contribution is 2.21. The maximum atomic E-state index is 10.5. The van der Waals surface area contributed by atoms with Gasteiger partial charge in [0.2, 0.25) is 12.3 Å². The molecule has 2 aromatic rings. The topological polar surface area (TPSA) is 101 Å². The Balaban J connectivity index is 0.000000975. The number of anilines is 2. The van der Waals surface area contributed by atoms with Gasteiger partial charge in [-0.1, -0.05) is 26.7 Å². The summed E-state index contributed by atoms with van der Waals surface area (Å²) in [5.41, 5.74) is 8.34. The zero-order valence-corrected chi connectivity index (χ0v) is 19.1. The van der Waals surface area contributed by atoms with E-state index in [4.69, 9.17) is 15.9 Å². The van der Waals surface area contributed by atoms with Crippen LogP contribution in [-0.2, 0) is 4.79 Å². The van der Waals surface area contributed by atoms with Crippen molar-refractivity contribution in [3.8, 4) is 5.88 Å². The van der Waals surface area contributed by atoms with Gasteiger partial charge in [0, 0.05) is 34.8 Å². The van der Waals surface area contributed by atoms with E-state index in [9.17, 15) is 4.79 Å². The molecule has 2 rings (SSSR count). The van der Waals surface area contributed by atoms with Gasteiger partial charge in [-0.05, 0) is 50.6 Å². The first-order valence-corrected chi connectivity index (χ1v) is 11.2. The number of amides is 1. The summed E-state index contributed by atoms with van der Waals surface area (Å²) in [6, 6.07) is 8.46. The third-order valence-corrected chi connectivity index (χ3v) is 3.43. The number of pyridine rings is 1. The highest BCUT2D eigenvalue weighted by atomic mass is 32.2. The second-order valence-electron chi connectivity index (χ2n) is 6.40. The van der Waals surface area contributed by atoms with E-state index in [1.807, 2.05) is 26.4 Å². The largest absolute Gasteiger partial charge is 0.475 e. The zero-order valence-electron chi connectivity index (χ0n) is 18.3. The maximum Gasteiger partial charge on any atom is 0.213 e. The van der Waals surface area contributed by atoms with E-state index in [2.05, 4.69) is 24.1 Å². The van der Waals surface area contributed by atoms with Gasteiger partial charge in [-0.2, -0.15) is 11.8 Å². The summed E-state index contributed by atoms with van der Waals surface area (Å²) >= 11 is 1.75. The number of thioether (sulfide) groups is 1. The first-order valence-electron chi connectivity index (χ1n) is 9.56. The Hall–Kier alpha value is -2.54. The fourth-order valence-corrected chi connectivity index (χ4v) is 1.93. The number of unbranched alkanes of at least 4 members (excludes halogenated alkanes) is 1. The lowest BCUT2D eigenvalue weighted by Gasteiger charge is -2.11. The van der Waals surface area contributed by atoms with E-state index in [1.165, 1.54) is 12.8 Å². The number of rotatable bonds is 7. The number of nitrogens with one attached hydrogen (secondary N) is 2.